The number of carboxylic acid groups (broad SMARTS) is 1. The molecule has 0 saturated carbocycles. The van der Waals surface area contributed by atoms with E-state index in [1.807, 2.05) is 35.2 Å². The number of carbonyl (C=O) groups is 2. The molecule has 1 aliphatic heterocycles. The second-order valence-corrected chi connectivity index (χ2v) is 7.19. The first-order valence-electron chi connectivity index (χ1n) is 8.99. The zero-order valence-electron chi connectivity index (χ0n) is 15.5. The van der Waals surface area contributed by atoms with Crippen molar-refractivity contribution < 1.29 is 19.4 Å². The maximum Gasteiger partial charge on any atom is 0.310 e. The number of amides is 1. The van der Waals surface area contributed by atoms with Crippen molar-refractivity contribution in [3.8, 4) is 11.5 Å². The number of aliphatic carboxylic acids is 1. The summed E-state index contributed by atoms with van der Waals surface area (Å²) in [5.74, 6) is 0.468. The van der Waals surface area contributed by atoms with Crippen LogP contribution in [0.1, 0.15) is 20.3 Å². The van der Waals surface area contributed by atoms with Crippen molar-refractivity contribution in [2.45, 2.75) is 26.3 Å². The summed E-state index contributed by atoms with van der Waals surface area (Å²) in [4.78, 5) is 25.8. The van der Waals surface area contributed by atoms with Gasteiger partial charge in [-0.3, -0.25) is 14.5 Å². The third-order valence-electron chi connectivity index (χ3n) is 5.05. The summed E-state index contributed by atoms with van der Waals surface area (Å²) in [6, 6.07) is 16.2. The van der Waals surface area contributed by atoms with E-state index in [-0.39, 0.29) is 5.91 Å². The van der Waals surface area contributed by atoms with Gasteiger partial charge in [-0.05, 0) is 56.7 Å². The van der Waals surface area contributed by atoms with Crippen LogP contribution >= 0.6 is 0 Å². The number of ether oxygens (including phenoxy) is 1. The molecule has 2 aromatic carbocycles. The van der Waals surface area contributed by atoms with Gasteiger partial charge in [0.15, 0.2) is 0 Å². The molecule has 0 radical (unpaired) electrons. The third kappa shape index (κ3) is 4.46. The second-order valence-electron chi connectivity index (χ2n) is 7.19. The first-order valence-corrected chi connectivity index (χ1v) is 8.99. The number of carbonyl (C=O) groups excluding carboxylic acids is 1. The average Bonchev–Trinajstić information content (AvgIpc) is 3.07. The second kappa shape index (κ2) is 7.80. The highest BCUT2D eigenvalue weighted by atomic mass is 16.5. The third-order valence-corrected chi connectivity index (χ3v) is 5.05. The van der Waals surface area contributed by atoms with Crippen LogP contribution in [0.15, 0.2) is 54.6 Å². The Hall–Kier alpha value is -2.86. The van der Waals surface area contributed by atoms with Crippen LogP contribution in [-0.4, -0.2) is 41.0 Å². The number of rotatable bonds is 6. The van der Waals surface area contributed by atoms with Gasteiger partial charge in [-0.15, -0.1) is 0 Å². The Labute approximate surface area is 158 Å². The average molecular weight is 368 g/mol. The van der Waals surface area contributed by atoms with Crippen LogP contribution in [0.2, 0.25) is 0 Å². The summed E-state index contributed by atoms with van der Waals surface area (Å²) >= 11 is 0. The van der Waals surface area contributed by atoms with Gasteiger partial charge in [0.25, 0.3) is 0 Å². The predicted molar refractivity (Wildman–Crippen MR) is 103 cm³/mol. The standard InChI is InChI=1S/C21H24N2O4/c1-15(23-13-12-21(2,14-23)20(25)26)19(24)22-16-8-10-18(11-9-16)27-17-6-4-3-5-7-17/h3-11,15H,12-14H2,1-2H3,(H,22,24)(H,25,26). The van der Waals surface area contributed by atoms with E-state index in [2.05, 4.69) is 5.32 Å². The van der Waals surface area contributed by atoms with Crippen LogP contribution in [-0.2, 0) is 9.59 Å². The lowest BCUT2D eigenvalue weighted by Crippen LogP contribution is -2.42. The molecule has 0 aliphatic carbocycles. The highest BCUT2D eigenvalue weighted by Crippen LogP contribution is 2.31. The minimum atomic E-state index is -0.813. The van der Waals surface area contributed by atoms with Gasteiger partial charge in [-0.2, -0.15) is 0 Å². The Morgan fingerprint density at radius 1 is 1.11 bits per heavy atom. The van der Waals surface area contributed by atoms with Crippen molar-refractivity contribution >= 4 is 17.6 Å². The SMILES string of the molecule is CC(C(=O)Nc1ccc(Oc2ccccc2)cc1)N1CCC(C)(C(=O)O)C1. The lowest BCUT2D eigenvalue weighted by Gasteiger charge is -2.25. The molecule has 1 amide bonds. The summed E-state index contributed by atoms with van der Waals surface area (Å²) in [5.41, 5.74) is -0.113. The zero-order chi connectivity index (χ0) is 19.4. The Kier molecular flexibility index (Phi) is 5.46. The fourth-order valence-electron chi connectivity index (χ4n) is 3.15. The van der Waals surface area contributed by atoms with Crippen LogP contribution < -0.4 is 10.1 Å². The van der Waals surface area contributed by atoms with Crippen molar-refractivity contribution in [3.05, 3.63) is 54.6 Å². The Morgan fingerprint density at radius 3 is 2.33 bits per heavy atom. The van der Waals surface area contributed by atoms with Crippen LogP contribution in [0, 0.1) is 5.41 Å². The number of hydrogen-bond donors (Lipinski definition) is 2. The van der Waals surface area contributed by atoms with Gasteiger partial charge in [0.05, 0.1) is 11.5 Å². The highest BCUT2D eigenvalue weighted by Gasteiger charge is 2.42. The zero-order valence-corrected chi connectivity index (χ0v) is 15.5. The molecule has 6 heteroatoms. The van der Waals surface area contributed by atoms with Crippen LogP contribution in [0.4, 0.5) is 5.69 Å². The van der Waals surface area contributed by atoms with E-state index in [0.717, 1.165) is 5.75 Å². The van der Waals surface area contributed by atoms with Crippen LogP contribution in [0.5, 0.6) is 11.5 Å². The van der Waals surface area contributed by atoms with Gasteiger partial charge in [0.2, 0.25) is 5.91 Å². The molecular weight excluding hydrogens is 344 g/mol. The molecule has 2 unspecified atom stereocenters. The van der Waals surface area contributed by atoms with E-state index in [4.69, 9.17) is 4.74 Å². The van der Waals surface area contributed by atoms with E-state index >= 15 is 0 Å². The van der Waals surface area contributed by atoms with Crippen LogP contribution in [0.25, 0.3) is 0 Å². The number of benzene rings is 2. The van der Waals surface area contributed by atoms with Crippen molar-refractivity contribution in [2.75, 3.05) is 18.4 Å². The molecule has 1 aliphatic rings. The molecular formula is C21H24N2O4. The molecule has 2 N–H and O–H groups in total. The summed E-state index contributed by atoms with van der Waals surface area (Å²) in [6.07, 6.45) is 0.547. The van der Waals surface area contributed by atoms with Crippen molar-refractivity contribution in [3.63, 3.8) is 0 Å². The first-order chi connectivity index (χ1) is 12.9. The van der Waals surface area contributed by atoms with E-state index in [1.165, 1.54) is 0 Å². The minimum Gasteiger partial charge on any atom is -0.481 e. The van der Waals surface area contributed by atoms with Gasteiger partial charge >= 0.3 is 5.97 Å². The number of carboxylic acids is 1. The van der Waals surface area contributed by atoms with Crippen molar-refractivity contribution in [1.82, 2.24) is 4.90 Å². The molecule has 1 fully saturated rings. The van der Waals surface area contributed by atoms with E-state index in [1.54, 1.807) is 38.1 Å². The normalized spacial score (nSPS) is 20.8. The van der Waals surface area contributed by atoms with Gasteiger partial charge in [-0.1, -0.05) is 18.2 Å². The molecule has 142 valence electrons. The molecule has 27 heavy (non-hydrogen) atoms. The Morgan fingerprint density at radius 2 is 1.74 bits per heavy atom. The quantitative estimate of drug-likeness (QED) is 0.814. The number of nitrogens with one attached hydrogen (secondary N) is 1. The fraction of sp³-hybridized carbons (Fsp3) is 0.333. The van der Waals surface area contributed by atoms with Crippen molar-refractivity contribution in [2.24, 2.45) is 5.41 Å². The lowest BCUT2D eigenvalue weighted by atomic mass is 9.90. The maximum atomic E-state index is 12.5. The number of anilines is 1. The highest BCUT2D eigenvalue weighted by molar-refractivity contribution is 5.94. The molecule has 1 heterocycles. The number of para-hydroxylation sites is 1. The van der Waals surface area contributed by atoms with E-state index < -0.39 is 17.4 Å². The monoisotopic (exact) mass is 368 g/mol. The topological polar surface area (TPSA) is 78.9 Å². The van der Waals surface area contributed by atoms with Crippen LogP contribution in [0.3, 0.4) is 0 Å². The summed E-state index contributed by atoms with van der Waals surface area (Å²) in [5, 5.41) is 12.2. The van der Waals surface area contributed by atoms with E-state index in [0.29, 0.717) is 30.9 Å². The first kappa shape index (κ1) is 18.9. The van der Waals surface area contributed by atoms with E-state index in [9.17, 15) is 14.7 Å². The van der Waals surface area contributed by atoms with Gasteiger partial charge < -0.3 is 15.2 Å². The molecule has 3 rings (SSSR count). The molecule has 0 bridgehead atoms. The number of nitrogens with zero attached hydrogens (tertiary/aromatic N) is 1. The fourth-order valence-corrected chi connectivity index (χ4v) is 3.15. The smallest absolute Gasteiger partial charge is 0.310 e. The summed E-state index contributed by atoms with van der Waals surface area (Å²) in [7, 11) is 0. The molecule has 6 nitrogen and oxygen atoms in total. The van der Waals surface area contributed by atoms with Gasteiger partial charge in [-0.25, -0.2) is 0 Å². The number of likely N-dealkylation sites (tertiary alicyclic amines) is 1. The number of hydrogen-bond acceptors (Lipinski definition) is 4. The largest absolute Gasteiger partial charge is 0.481 e. The van der Waals surface area contributed by atoms with Crippen molar-refractivity contribution in [1.29, 1.82) is 0 Å². The molecule has 0 aromatic heterocycles. The summed E-state index contributed by atoms with van der Waals surface area (Å²) < 4.78 is 5.74. The maximum absolute atomic E-state index is 12.5. The molecule has 2 aromatic rings. The summed E-state index contributed by atoms with van der Waals surface area (Å²) in [6.45, 7) is 4.50. The molecule has 1 saturated heterocycles. The minimum absolute atomic E-state index is 0.152. The van der Waals surface area contributed by atoms with Gasteiger partial charge in [0, 0.05) is 18.8 Å². The lowest BCUT2D eigenvalue weighted by molar-refractivity contribution is -0.147. The van der Waals surface area contributed by atoms with Gasteiger partial charge in [0.1, 0.15) is 11.5 Å². The molecule has 2 atom stereocenters. The Balaban J connectivity index is 1.57. The predicted octanol–water partition coefficient (Wildman–Crippen LogP) is 3.60. The molecule has 0 spiro atoms. The Bertz CT molecular complexity index is 807.